The molecule has 0 atom stereocenters. The maximum absolute atomic E-state index is 10.3. The first-order valence-electron chi connectivity index (χ1n) is 6.18. The second-order valence-corrected chi connectivity index (χ2v) is 4.99. The summed E-state index contributed by atoms with van der Waals surface area (Å²) in [5.74, 6) is -0.904. The van der Waals surface area contributed by atoms with Gasteiger partial charge in [0, 0.05) is 18.2 Å². The third-order valence-electron chi connectivity index (χ3n) is 2.84. The van der Waals surface area contributed by atoms with Crippen LogP contribution < -0.4 is 5.32 Å². The van der Waals surface area contributed by atoms with Crippen LogP contribution >= 0.6 is 0 Å². The molecule has 1 rings (SSSR count). The van der Waals surface area contributed by atoms with E-state index in [1.165, 1.54) is 11.6 Å². The van der Waals surface area contributed by atoms with Crippen molar-refractivity contribution in [3.63, 3.8) is 0 Å². The number of benzene rings is 1. The van der Waals surface area contributed by atoms with Gasteiger partial charge in [-0.25, -0.2) is 4.79 Å². The molecule has 0 aliphatic rings. The number of nitrogens with one attached hydrogen (secondary N) is 1. The predicted molar refractivity (Wildman–Crippen MR) is 73.6 cm³/mol. The van der Waals surface area contributed by atoms with Crippen LogP contribution in [0.2, 0.25) is 0 Å². The van der Waals surface area contributed by atoms with Gasteiger partial charge in [0.2, 0.25) is 0 Å². The molecule has 0 bridgehead atoms. The van der Waals surface area contributed by atoms with Crippen LogP contribution in [0.1, 0.15) is 25.8 Å². The summed E-state index contributed by atoms with van der Waals surface area (Å²) in [7, 11) is 0. The first-order valence-corrected chi connectivity index (χ1v) is 6.18. The Labute approximate surface area is 109 Å². The Morgan fingerprint density at radius 2 is 2.00 bits per heavy atom. The van der Waals surface area contributed by atoms with Gasteiger partial charge in [0.1, 0.15) is 0 Å². The fraction of sp³-hybridized carbons (Fsp3) is 0.400. The average molecular weight is 247 g/mol. The summed E-state index contributed by atoms with van der Waals surface area (Å²) in [6.07, 6.45) is 4.83. The Hall–Kier alpha value is -1.61. The lowest BCUT2D eigenvalue weighted by molar-refractivity contribution is -0.131. The first-order chi connectivity index (χ1) is 8.49. The van der Waals surface area contributed by atoms with E-state index in [9.17, 15) is 4.79 Å². The number of rotatable bonds is 7. The van der Waals surface area contributed by atoms with Gasteiger partial charge in [0.05, 0.1) is 0 Å². The molecule has 0 aliphatic heterocycles. The molecule has 0 aliphatic carbocycles. The van der Waals surface area contributed by atoms with E-state index in [1.54, 1.807) is 6.08 Å². The number of aryl methyl sites for hydroxylation is 1. The van der Waals surface area contributed by atoms with Gasteiger partial charge in [-0.15, -0.1) is 0 Å². The number of hydrogen-bond donors (Lipinski definition) is 2. The van der Waals surface area contributed by atoms with Gasteiger partial charge >= 0.3 is 5.97 Å². The lowest BCUT2D eigenvalue weighted by atomic mass is 9.95. The molecule has 18 heavy (non-hydrogen) atoms. The van der Waals surface area contributed by atoms with Crippen molar-refractivity contribution in [3.8, 4) is 0 Å². The molecule has 3 heteroatoms. The quantitative estimate of drug-likeness (QED) is 0.728. The Morgan fingerprint density at radius 1 is 1.33 bits per heavy atom. The summed E-state index contributed by atoms with van der Waals surface area (Å²) in [5.41, 5.74) is 1.33. The second-order valence-electron chi connectivity index (χ2n) is 4.99. The van der Waals surface area contributed by atoms with Crippen molar-refractivity contribution < 1.29 is 9.90 Å². The van der Waals surface area contributed by atoms with E-state index >= 15 is 0 Å². The van der Waals surface area contributed by atoms with E-state index in [0.29, 0.717) is 6.54 Å². The van der Waals surface area contributed by atoms with Crippen LogP contribution in [0.3, 0.4) is 0 Å². The van der Waals surface area contributed by atoms with E-state index in [4.69, 9.17) is 5.11 Å². The zero-order valence-corrected chi connectivity index (χ0v) is 11.0. The molecule has 0 aromatic heterocycles. The molecule has 1 aromatic rings. The predicted octanol–water partition coefficient (Wildman–Crippen LogP) is 2.63. The molecule has 2 N–H and O–H groups in total. The van der Waals surface area contributed by atoms with Gasteiger partial charge in [-0.3, -0.25) is 0 Å². The fourth-order valence-electron chi connectivity index (χ4n) is 1.68. The van der Waals surface area contributed by atoms with Crippen LogP contribution in [0, 0.1) is 0 Å². The van der Waals surface area contributed by atoms with Gasteiger partial charge in [0.15, 0.2) is 0 Å². The minimum Gasteiger partial charge on any atom is -0.478 e. The van der Waals surface area contributed by atoms with Gasteiger partial charge in [0.25, 0.3) is 0 Å². The minimum absolute atomic E-state index is 0.00130. The SMILES string of the molecule is CC(C)(CCc1ccccc1)NC/C=C/C(=O)O. The number of carbonyl (C=O) groups is 1. The van der Waals surface area contributed by atoms with E-state index in [2.05, 4.69) is 31.3 Å². The highest BCUT2D eigenvalue weighted by Gasteiger charge is 2.15. The molecular weight excluding hydrogens is 226 g/mol. The first kappa shape index (κ1) is 14.5. The molecule has 0 amide bonds. The normalized spacial score (nSPS) is 11.9. The Morgan fingerprint density at radius 3 is 2.61 bits per heavy atom. The largest absolute Gasteiger partial charge is 0.478 e. The lowest BCUT2D eigenvalue weighted by Crippen LogP contribution is -2.39. The van der Waals surface area contributed by atoms with Crippen LogP contribution in [0.15, 0.2) is 42.5 Å². The molecular formula is C15H21NO2. The summed E-state index contributed by atoms with van der Waals surface area (Å²) in [6.45, 7) is 4.84. The number of carboxylic acid groups (broad SMARTS) is 1. The van der Waals surface area contributed by atoms with Crippen LogP contribution in [0.25, 0.3) is 0 Å². The monoisotopic (exact) mass is 247 g/mol. The van der Waals surface area contributed by atoms with E-state index < -0.39 is 5.97 Å². The summed E-state index contributed by atoms with van der Waals surface area (Å²) in [4.78, 5) is 10.3. The number of aliphatic carboxylic acids is 1. The Bertz CT molecular complexity index is 396. The topological polar surface area (TPSA) is 49.3 Å². The zero-order chi connectivity index (χ0) is 13.4. The van der Waals surface area contributed by atoms with Gasteiger partial charge in [-0.2, -0.15) is 0 Å². The van der Waals surface area contributed by atoms with E-state index in [-0.39, 0.29) is 5.54 Å². The van der Waals surface area contributed by atoms with Crippen molar-refractivity contribution in [2.45, 2.75) is 32.2 Å². The molecule has 0 saturated carbocycles. The summed E-state index contributed by atoms with van der Waals surface area (Å²) < 4.78 is 0. The molecule has 1 aromatic carbocycles. The van der Waals surface area contributed by atoms with E-state index in [0.717, 1.165) is 12.8 Å². The summed E-state index contributed by atoms with van der Waals surface area (Å²) in [6, 6.07) is 10.4. The van der Waals surface area contributed by atoms with Crippen molar-refractivity contribution in [1.29, 1.82) is 0 Å². The van der Waals surface area contributed by atoms with Crippen LogP contribution in [-0.4, -0.2) is 23.2 Å². The van der Waals surface area contributed by atoms with Crippen molar-refractivity contribution in [2.75, 3.05) is 6.54 Å². The van der Waals surface area contributed by atoms with Crippen molar-refractivity contribution in [1.82, 2.24) is 5.32 Å². The Kier molecular flexibility index (Phi) is 5.59. The van der Waals surface area contributed by atoms with Crippen molar-refractivity contribution >= 4 is 5.97 Å². The average Bonchev–Trinajstić information content (AvgIpc) is 2.34. The molecule has 0 saturated heterocycles. The standard InChI is InChI=1S/C15H21NO2/c1-15(2,16-12-6-9-14(17)18)11-10-13-7-4-3-5-8-13/h3-9,16H,10-12H2,1-2H3,(H,17,18)/b9-6+. The lowest BCUT2D eigenvalue weighted by Gasteiger charge is -2.25. The van der Waals surface area contributed by atoms with E-state index in [1.807, 2.05) is 18.2 Å². The maximum Gasteiger partial charge on any atom is 0.328 e. The number of carboxylic acids is 1. The third-order valence-corrected chi connectivity index (χ3v) is 2.84. The maximum atomic E-state index is 10.3. The van der Waals surface area contributed by atoms with Gasteiger partial charge in [-0.1, -0.05) is 36.4 Å². The second kappa shape index (κ2) is 6.97. The van der Waals surface area contributed by atoms with Crippen LogP contribution in [0.5, 0.6) is 0 Å². The molecule has 0 spiro atoms. The highest BCUT2D eigenvalue weighted by atomic mass is 16.4. The molecule has 3 nitrogen and oxygen atoms in total. The highest BCUT2D eigenvalue weighted by molar-refractivity contribution is 5.79. The smallest absolute Gasteiger partial charge is 0.328 e. The van der Waals surface area contributed by atoms with Crippen LogP contribution in [0.4, 0.5) is 0 Å². The number of hydrogen-bond acceptors (Lipinski definition) is 2. The fourth-order valence-corrected chi connectivity index (χ4v) is 1.68. The minimum atomic E-state index is -0.904. The Balaban J connectivity index is 2.33. The van der Waals surface area contributed by atoms with Gasteiger partial charge < -0.3 is 10.4 Å². The van der Waals surface area contributed by atoms with Crippen LogP contribution in [-0.2, 0) is 11.2 Å². The molecule has 98 valence electrons. The molecule has 0 heterocycles. The molecule has 0 fully saturated rings. The summed E-state index contributed by atoms with van der Waals surface area (Å²) >= 11 is 0. The third kappa shape index (κ3) is 6.21. The summed E-state index contributed by atoms with van der Waals surface area (Å²) in [5, 5.41) is 11.8. The molecule has 0 radical (unpaired) electrons. The molecule has 0 unspecified atom stereocenters. The zero-order valence-electron chi connectivity index (χ0n) is 11.0. The van der Waals surface area contributed by atoms with Gasteiger partial charge in [-0.05, 0) is 32.3 Å². The van der Waals surface area contributed by atoms with Crippen molar-refractivity contribution in [3.05, 3.63) is 48.0 Å². The van der Waals surface area contributed by atoms with Crippen molar-refractivity contribution in [2.24, 2.45) is 0 Å². The highest BCUT2D eigenvalue weighted by Crippen LogP contribution is 2.13.